The van der Waals surface area contributed by atoms with Gasteiger partial charge in [0, 0.05) is 16.6 Å². The molecule has 0 bridgehead atoms. The summed E-state index contributed by atoms with van der Waals surface area (Å²) in [5, 5.41) is 3.39. The van der Waals surface area contributed by atoms with E-state index in [9.17, 15) is 14.0 Å². The van der Waals surface area contributed by atoms with Crippen molar-refractivity contribution in [3.8, 4) is 0 Å². The van der Waals surface area contributed by atoms with Gasteiger partial charge in [-0.3, -0.25) is 9.59 Å². The summed E-state index contributed by atoms with van der Waals surface area (Å²) >= 11 is 0. The van der Waals surface area contributed by atoms with E-state index in [-0.39, 0.29) is 6.42 Å². The van der Waals surface area contributed by atoms with Crippen LogP contribution in [0.15, 0.2) is 47.1 Å². The van der Waals surface area contributed by atoms with Gasteiger partial charge >= 0.3 is 5.97 Å². The zero-order chi connectivity index (χ0) is 18.8. The number of nitrogens with one attached hydrogen (secondary N) is 1. The molecule has 5 nitrogen and oxygen atoms in total. The Kier molecular flexibility index (Phi) is 4.62. The van der Waals surface area contributed by atoms with Crippen molar-refractivity contribution >= 4 is 28.5 Å². The molecule has 0 radical (unpaired) electrons. The lowest BCUT2D eigenvalue weighted by Crippen LogP contribution is -2.21. The van der Waals surface area contributed by atoms with E-state index in [2.05, 4.69) is 11.4 Å². The van der Waals surface area contributed by atoms with Gasteiger partial charge in [-0.1, -0.05) is 6.07 Å². The van der Waals surface area contributed by atoms with Gasteiger partial charge in [0.05, 0.1) is 12.7 Å². The minimum Gasteiger partial charge on any atom is -0.464 e. The third kappa shape index (κ3) is 3.84. The smallest absolute Gasteiger partial charge is 0.310 e. The minimum absolute atomic E-state index is 0.0268. The topological polar surface area (TPSA) is 68.5 Å². The first-order valence-electron chi connectivity index (χ1n) is 8.81. The average molecular weight is 367 g/mol. The number of hydrogen-bond acceptors (Lipinski definition) is 4. The quantitative estimate of drug-likeness (QED) is 0.697. The first kappa shape index (κ1) is 17.3. The van der Waals surface area contributed by atoms with Gasteiger partial charge in [0.15, 0.2) is 6.61 Å². The Hall–Kier alpha value is -3.15. The van der Waals surface area contributed by atoms with Crippen molar-refractivity contribution in [2.75, 3.05) is 11.9 Å². The molecular formula is C21H18FNO4. The number of carbonyl (C=O) groups is 2. The number of amides is 1. The Morgan fingerprint density at radius 3 is 2.78 bits per heavy atom. The van der Waals surface area contributed by atoms with Crippen LogP contribution in [0, 0.1) is 5.82 Å². The Labute approximate surface area is 155 Å². The van der Waals surface area contributed by atoms with Crippen molar-refractivity contribution in [1.29, 1.82) is 0 Å². The lowest BCUT2D eigenvalue weighted by Gasteiger charge is -2.06. The highest BCUT2D eigenvalue weighted by Crippen LogP contribution is 2.30. The highest BCUT2D eigenvalue weighted by Gasteiger charge is 2.17. The zero-order valence-electron chi connectivity index (χ0n) is 14.6. The fraction of sp³-hybridized carbons (Fsp3) is 0.238. The molecule has 138 valence electrons. The number of benzene rings is 2. The number of aryl methyl sites for hydroxylation is 2. The van der Waals surface area contributed by atoms with E-state index < -0.39 is 24.3 Å². The number of hydrogen-bond donors (Lipinski definition) is 1. The molecule has 2 aromatic carbocycles. The van der Waals surface area contributed by atoms with Gasteiger partial charge in [-0.2, -0.15) is 0 Å². The molecule has 1 aromatic heterocycles. The lowest BCUT2D eigenvalue weighted by atomic mass is 10.0. The molecule has 1 N–H and O–H groups in total. The molecule has 1 aliphatic rings. The molecular weight excluding hydrogens is 349 g/mol. The minimum atomic E-state index is -0.524. The number of fused-ring (bicyclic) bond motifs is 2. The fourth-order valence-corrected chi connectivity index (χ4v) is 3.40. The first-order chi connectivity index (χ1) is 13.1. The van der Waals surface area contributed by atoms with Crippen LogP contribution in [0.2, 0.25) is 0 Å². The monoisotopic (exact) mass is 367 g/mol. The summed E-state index contributed by atoms with van der Waals surface area (Å²) in [6.45, 7) is -0.430. The van der Waals surface area contributed by atoms with Crippen molar-refractivity contribution in [2.45, 2.75) is 25.7 Å². The van der Waals surface area contributed by atoms with Crippen LogP contribution in [0.5, 0.6) is 0 Å². The van der Waals surface area contributed by atoms with Crippen LogP contribution in [0.1, 0.15) is 23.1 Å². The van der Waals surface area contributed by atoms with Crippen LogP contribution in [-0.4, -0.2) is 18.5 Å². The molecule has 0 atom stereocenters. The Morgan fingerprint density at radius 2 is 1.96 bits per heavy atom. The molecule has 1 aliphatic carbocycles. The summed E-state index contributed by atoms with van der Waals surface area (Å²) in [5.41, 5.74) is 4.43. The van der Waals surface area contributed by atoms with Crippen LogP contribution >= 0.6 is 0 Å². The predicted molar refractivity (Wildman–Crippen MR) is 97.9 cm³/mol. The van der Waals surface area contributed by atoms with Crippen molar-refractivity contribution in [2.24, 2.45) is 0 Å². The fourth-order valence-electron chi connectivity index (χ4n) is 3.40. The normalized spacial score (nSPS) is 12.8. The SMILES string of the molecule is O=C(COC(=O)Cc1coc2cc3c(cc12)CCC3)Nc1cccc(F)c1. The molecule has 1 heterocycles. The Bertz CT molecular complexity index is 1020. The summed E-state index contributed by atoms with van der Waals surface area (Å²) < 4.78 is 23.7. The van der Waals surface area contributed by atoms with E-state index in [1.807, 2.05) is 6.07 Å². The second-order valence-electron chi connectivity index (χ2n) is 6.63. The summed E-state index contributed by atoms with van der Waals surface area (Å²) in [6.07, 6.45) is 4.83. The van der Waals surface area contributed by atoms with Crippen LogP contribution in [0.3, 0.4) is 0 Å². The van der Waals surface area contributed by atoms with Gasteiger partial charge < -0.3 is 14.5 Å². The molecule has 6 heteroatoms. The third-order valence-electron chi connectivity index (χ3n) is 4.68. The highest BCUT2D eigenvalue weighted by molar-refractivity contribution is 5.93. The number of esters is 1. The van der Waals surface area contributed by atoms with Gasteiger partial charge in [-0.05, 0) is 60.7 Å². The summed E-state index contributed by atoms with van der Waals surface area (Å²) in [5.74, 6) is -1.50. The summed E-state index contributed by atoms with van der Waals surface area (Å²) in [4.78, 5) is 23.9. The van der Waals surface area contributed by atoms with E-state index >= 15 is 0 Å². The standard InChI is InChI=1S/C21H18FNO4/c22-16-5-2-6-17(10-16)23-20(24)12-27-21(25)9-15-11-26-19-8-14-4-1-3-13(14)7-18(15)19/h2,5-8,10-11H,1,3-4,9,12H2,(H,23,24). The maximum absolute atomic E-state index is 13.1. The number of carbonyl (C=O) groups excluding carboxylic acids is 2. The van der Waals surface area contributed by atoms with E-state index in [4.69, 9.17) is 9.15 Å². The number of ether oxygens (including phenoxy) is 1. The molecule has 27 heavy (non-hydrogen) atoms. The summed E-state index contributed by atoms with van der Waals surface area (Å²) in [7, 11) is 0. The van der Waals surface area contributed by atoms with E-state index in [0.29, 0.717) is 5.69 Å². The molecule has 0 unspecified atom stereocenters. The second-order valence-corrected chi connectivity index (χ2v) is 6.63. The summed E-state index contributed by atoms with van der Waals surface area (Å²) in [6, 6.07) is 9.63. The molecule has 3 aromatic rings. The predicted octanol–water partition coefficient (Wildman–Crippen LogP) is 3.79. The van der Waals surface area contributed by atoms with Gasteiger partial charge in [-0.15, -0.1) is 0 Å². The third-order valence-corrected chi connectivity index (χ3v) is 4.68. The number of rotatable bonds is 5. The van der Waals surface area contributed by atoms with Gasteiger partial charge in [0.25, 0.3) is 5.91 Å². The van der Waals surface area contributed by atoms with Crippen LogP contribution < -0.4 is 5.32 Å². The number of furan rings is 1. The van der Waals surface area contributed by atoms with Crippen LogP contribution in [-0.2, 0) is 33.6 Å². The molecule has 0 fully saturated rings. The van der Waals surface area contributed by atoms with Crippen molar-refractivity contribution in [1.82, 2.24) is 0 Å². The van der Waals surface area contributed by atoms with Gasteiger partial charge in [0.2, 0.25) is 0 Å². The number of halogens is 1. The van der Waals surface area contributed by atoms with Crippen molar-refractivity contribution in [3.63, 3.8) is 0 Å². The van der Waals surface area contributed by atoms with E-state index in [1.54, 1.807) is 12.3 Å². The molecule has 0 aliphatic heterocycles. The molecule has 0 spiro atoms. The van der Waals surface area contributed by atoms with Crippen LogP contribution in [0.4, 0.5) is 10.1 Å². The molecule has 1 amide bonds. The van der Waals surface area contributed by atoms with Crippen molar-refractivity contribution < 1.29 is 23.1 Å². The Balaban J connectivity index is 1.35. The molecule has 4 rings (SSSR count). The highest BCUT2D eigenvalue weighted by atomic mass is 19.1. The average Bonchev–Trinajstić information content (AvgIpc) is 3.25. The maximum atomic E-state index is 13.1. The molecule has 0 saturated heterocycles. The van der Waals surface area contributed by atoms with Crippen molar-refractivity contribution in [3.05, 3.63) is 65.2 Å². The second kappa shape index (κ2) is 7.23. The van der Waals surface area contributed by atoms with E-state index in [1.165, 1.54) is 29.3 Å². The van der Waals surface area contributed by atoms with Gasteiger partial charge in [-0.25, -0.2) is 4.39 Å². The van der Waals surface area contributed by atoms with E-state index in [0.717, 1.165) is 35.8 Å². The number of anilines is 1. The first-order valence-corrected chi connectivity index (χ1v) is 8.81. The maximum Gasteiger partial charge on any atom is 0.310 e. The molecule has 0 saturated carbocycles. The van der Waals surface area contributed by atoms with Crippen LogP contribution in [0.25, 0.3) is 11.0 Å². The lowest BCUT2D eigenvalue weighted by molar-refractivity contribution is -0.146. The largest absolute Gasteiger partial charge is 0.464 e. The zero-order valence-corrected chi connectivity index (χ0v) is 14.6. The van der Waals surface area contributed by atoms with Gasteiger partial charge in [0.1, 0.15) is 11.4 Å². The Morgan fingerprint density at radius 1 is 1.15 bits per heavy atom.